The minimum Gasteiger partial charge on any atom is -0.347 e. The molecule has 0 saturated heterocycles. The molecule has 20 heavy (non-hydrogen) atoms. The van der Waals surface area contributed by atoms with E-state index in [-0.39, 0.29) is 5.91 Å². The maximum absolute atomic E-state index is 12.0. The standard InChI is InChI=1S/C15H19N3OS/c1-4-5-14-18-13(9-20-14)15(19)17-8-12-7-16-11(3)6-10(12)2/h6-7,9H,4-5,8H2,1-3H3,(H,17,19). The molecular formula is C15H19N3OS. The van der Waals surface area contributed by atoms with E-state index in [1.165, 1.54) is 0 Å². The Morgan fingerprint density at radius 3 is 2.90 bits per heavy atom. The topological polar surface area (TPSA) is 54.9 Å². The van der Waals surface area contributed by atoms with Crippen molar-refractivity contribution in [3.05, 3.63) is 45.2 Å². The third-order valence-electron chi connectivity index (χ3n) is 3.04. The predicted molar refractivity (Wildman–Crippen MR) is 81.0 cm³/mol. The van der Waals surface area contributed by atoms with Crippen LogP contribution in [-0.2, 0) is 13.0 Å². The van der Waals surface area contributed by atoms with Crippen molar-refractivity contribution in [1.82, 2.24) is 15.3 Å². The van der Waals surface area contributed by atoms with E-state index >= 15 is 0 Å². The lowest BCUT2D eigenvalue weighted by Gasteiger charge is -2.07. The van der Waals surface area contributed by atoms with Crippen LogP contribution in [0.3, 0.4) is 0 Å². The van der Waals surface area contributed by atoms with Crippen LogP contribution < -0.4 is 5.32 Å². The zero-order valence-electron chi connectivity index (χ0n) is 12.1. The molecule has 1 amide bonds. The van der Waals surface area contributed by atoms with Gasteiger partial charge in [0.15, 0.2) is 0 Å². The molecule has 2 aromatic rings. The predicted octanol–water partition coefficient (Wildman–Crippen LogP) is 3.04. The Balaban J connectivity index is 1.97. The van der Waals surface area contributed by atoms with Crippen LogP contribution in [0.4, 0.5) is 0 Å². The van der Waals surface area contributed by atoms with Crippen LogP contribution in [-0.4, -0.2) is 15.9 Å². The normalized spacial score (nSPS) is 10.6. The number of amides is 1. The first-order valence-electron chi connectivity index (χ1n) is 6.75. The van der Waals surface area contributed by atoms with Gasteiger partial charge in [-0.15, -0.1) is 11.3 Å². The fraction of sp³-hybridized carbons (Fsp3) is 0.400. The maximum Gasteiger partial charge on any atom is 0.271 e. The zero-order chi connectivity index (χ0) is 14.5. The Kier molecular flexibility index (Phi) is 4.84. The van der Waals surface area contributed by atoms with E-state index in [1.54, 1.807) is 11.3 Å². The Morgan fingerprint density at radius 2 is 2.20 bits per heavy atom. The Morgan fingerprint density at radius 1 is 1.40 bits per heavy atom. The van der Waals surface area contributed by atoms with E-state index < -0.39 is 0 Å². The summed E-state index contributed by atoms with van der Waals surface area (Å²) in [5.74, 6) is -0.122. The third kappa shape index (κ3) is 3.63. The zero-order valence-corrected chi connectivity index (χ0v) is 12.9. The van der Waals surface area contributed by atoms with Crippen LogP contribution >= 0.6 is 11.3 Å². The van der Waals surface area contributed by atoms with E-state index in [2.05, 4.69) is 22.2 Å². The maximum atomic E-state index is 12.0. The summed E-state index contributed by atoms with van der Waals surface area (Å²) in [6.45, 7) is 6.57. The first-order valence-corrected chi connectivity index (χ1v) is 7.63. The monoisotopic (exact) mass is 289 g/mol. The summed E-state index contributed by atoms with van der Waals surface area (Å²) in [6, 6.07) is 2.02. The molecule has 2 rings (SSSR count). The quantitative estimate of drug-likeness (QED) is 0.920. The molecule has 2 heterocycles. The highest BCUT2D eigenvalue weighted by atomic mass is 32.1. The number of pyridine rings is 1. The SMILES string of the molecule is CCCc1nc(C(=O)NCc2cnc(C)cc2C)cs1. The van der Waals surface area contributed by atoms with Crippen LogP contribution in [0.1, 0.15) is 45.7 Å². The van der Waals surface area contributed by atoms with Crippen molar-refractivity contribution in [2.24, 2.45) is 0 Å². The van der Waals surface area contributed by atoms with Gasteiger partial charge in [0.2, 0.25) is 0 Å². The second kappa shape index (κ2) is 6.61. The van der Waals surface area contributed by atoms with Gasteiger partial charge in [0.1, 0.15) is 5.69 Å². The first kappa shape index (κ1) is 14.7. The summed E-state index contributed by atoms with van der Waals surface area (Å²) in [7, 11) is 0. The van der Waals surface area contributed by atoms with Crippen LogP contribution in [0.2, 0.25) is 0 Å². The lowest BCUT2D eigenvalue weighted by Crippen LogP contribution is -2.23. The van der Waals surface area contributed by atoms with Gasteiger partial charge in [0.25, 0.3) is 5.91 Å². The van der Waals surface area contributed by atoms with Gasteiger partial charge in [-0.2, -0.15) is 0 Å². The largest absolute Gasteiger partial charge is 0.347 e. The fourth-order valence-electron chi connectivity index (χ4n) is 1.92. The van der Waals surface area contributed by atoms with Gasteiger partial charge in [-0.25, -0.2) is 4.98 Å². The lowest BCUT2D eigenvalue weighted by atomic mass is 10.1. The van der Waals surface area contributed by atoms with Crippen molar-refractivity contribution in [2.45, 2.75) is 40.2 Å². The highest BCUT2D eigenvalue weighted by molar-refractivity contribution is 7.09. The van der Waals surface area contributed by atoms with Gasteiger partial charge in [-0.3, -0.25) is 9.78 Å². The number of hydrogen-bond donors (Lipinski definition) is 1. The number of nitrogens with zero attached hydrogens (tertiary/aromatic N) is 2. The molecule has 0 unspecified atom stereocenters. The number of aryl methyl sites for hydroxylation is 3. The number of hydrogen-bond acceptors (Lipinski definition) is 4. The van der Waals surface area contributed by atoms with E-state index in [1.807, 2.05) is 31.5 Å². The van der Waals surface area contributed by atoms with Crippen LogP contribution in [0.25, 0.3) is 0 Å². The minimum atomic E-state index is -0.122. The first-order chi connectivity index (χ1) is 9.60. The number of carbonyl (C=O) groups excluding carboxylic acids is 1. The van der Waals surface area contributed by atoms with E-state index in [0.29, 0.717) is 12.2 Å². The van der Waals surface area contributed by atoms with Gasteiger partial charge in [0.05, 0.1) is 5.01 Å². The summed E-state index contributed by atoms with van der Waals surface area (Å²) in [4.78, 5) is 20.6. The number of rotatable bonds is 5. The molecule has 0 atom stereocenters. The average Bonchev–Trinajstić information content (AvgIpc) is 2.86. The molecule has 2 aromatic heterocycles. The Labute approximate surface area is 123 Å². The van der Waals surface area contributed by atoms with Gasteiger partial charge in [-0.1, -0.05) is 6.92 Å². The molecular weight excluding hydrogens is 270 g/mol. The van der Waals surface area contributed by atoms with Crippen molar-refractivity contribution >= 4 is 17.2 Å². The molecule has 0 saturated carbocycles. The van der Waals surface area contributed by atoms with Crippen LogP contribution in [0, 0.1) is 13.8 Å². The molecule has 0 aromatic carbocycles. The number of aromatic nitrogens is 2. The molecule has 0 aliphatic rings. The van der Waals surface area contributed by atoms with E-state index in [9.17, 15) is 4.79 Å². The summed E-state index contributed by atoms with van der Waals surface area (Å²) in [6.07, 6.45) is 3.79. The molecule has 0 bridgehead atoms. The fourth-order valence-corrected chi connectivity index (χ4v) is 2.80. The molecule has 1 N–H and O–H groups in total. The molecule has 106 valence electrons. The van der Waals surface area contributed by atoms with Crippen molar-refractivity contribution in [2.75, 3.05) is 0 Å². The summed E-state index contributed by atoms with van der Waals surface area (Å²) in [5.41, 5.74) is 3.67. The summed E-state index contributed by atoms with van der Waals surface area (Å²) in [5, 5.41) is 5.74. The summed E-state index contributed by atoms with van der Waals surface area (Å²) >= 11 is 1.54. The van der Waals surface area contributed by atoms with Gasteiger partial charge >= 0.3 is 0 Å². The second-order valence-corrected chi connectivity index (χ2v) is 5.75. The molecule has 0 fully saturated rings. The van der Waals surface area contributed by atoms with E-state index in [0.717, 1.165) is 34.7 Å². The number of nitrogens with one attached hydrogen (secondary N) is 1. The van der Waals surface area contributed by atoms with Crippen molar-refractivity contribution in [1.29, 1.82) is 0 Å². The number of thiazole rings is 1. The average molecular weight is 289 g/mol. The Hall–Kier alpha value is -1.75. The smallest absolute Gasteiger partial charge is 0.271 e. The molecule has 4 nitrogen and oxygen atoms in total. The molecule has 0 radical (unpaired) electrons. The van der Waals surface area contributed by atoms with Crippen LogP contribution in [0.5, 0.6) is 0 Å². The lowest BCUT2D eigenvalue weighted by molar-refractivity contribution is 0.0946. The molecule has 0 aliphatic carbocycles. The third-order valence-corrected chi connectivity index (χ3v) is 3.95. The van der Waals surface area contributed by atoms with E-state index in [4.69, 9.17) is 0 Å². The van der Waals surface area contributed by atoms with Crippen molar-refractivity contribution in [3.63, 3.8) is 0 Å². The van der Waals surface area contributed by atoms with Gasteiger partial charge < -0.3 is 5.32 Å². The molecule has 5 heteroatoms. The highest BCUT2D eigenvalue weighted by Gasteiger charge is 2.10. The molecule has 0 spiro atoms. The van der Waals surface area contributed by atoms with Gasteiger partial charge in [0, 0.05) is 23.8 Å². The van der Waals surface area contributed by atoms with Crippen molar-refractivity contribution in [3.8, 4) is 0 Å². The minimum absolute atomic E-state index is 0.122. The summed E-state index contributed by atoms with van der Waals surface area (Å²) < 4.78 is 0. The molecule has 0 aliphatic heterocycles. The Bertz CT molecular complexity index is 607. The van der Waals surface area contributed by atoms with Gasteiger partial charge in [-0.05, 0) is 43.9 Å². The van der Waals surface area contributed by atoms with Crippen LogP contribution in [0.15, 0.2) is 17.6 Å². The van der Waals surface area contributed by atoms with Crippen molar-refractivity contribution < 1.29 is 4.79 Å². The highest BCUT2D eigenvalue weighted by Crippen LogP contribution is 2.12. The second-order valence-electron chi connectivity index (χ2n) is 4.81. The number of carbonyl (C=O) groups is 1.